The lowest BCUT2D eigenvalue weighted by molar-refractivity contribution is -0.132. The predicted octanol–water partition coefficient (Wildman–Crippen LogP) is 5.18. The third-order valence-corrected chi connectivity index (χ3v) is 4.98. The van der Waals surface area contributed by atoms with Crippen LogP contribution in [0, 0.1) is 0 Å². The smallest absolute Gasteiger partial charge is 0.279 e. The van der Waals surface area contributed by atoms with Crippen LogP contribution < -0.4 is 20.3 Å². The summed E-state index contributed by atoms with van der Waals surface area (Å²) in [4.78, 5) is 23.9. The molecule has 2 N–H and O–H groups in total. The summed E-state index contributed by atoms with van der Waals surface area (Å²) in [5.41, 5.74) is 4.67. The summed E-state index contributed by atoms with van der Waals surface area (Å²) in [6, 6.07) is 9.84. The fourth-order valence-corrected chi connectivity index (χ4v) is 3.36. The van der Waals surface area contributed by atoms with Gasteiger partial charge in [-0.1, -0.05) is 34.8 Å². The van der Waals surface area contributed by atoms with Gasteiger partial charge in [0.25, 0.3) is 5.91 Å². The molecule has 0 bridgehead atoms. The van der Waals surface area contributed by atoms with E-state index in [1.54, 1.807) is 43.3 Å². The molecule has 2 aromatic rings. The predicted molar refractivity (Wildman–Crippen MR) is 117 cm³/mol. The van der Waals surface area contributed by atoms with Gasteiger partial charge in [-0.2, -0.15) is 0 Å². The van der Waals surface area contributed by atoms with E-state index in [0.717, 1.165) is 0 Å². The molecule has 2 aromatic carbocycles. The molecule has 0 heterocycles. The molecule has 1 atom stereocenters. The van der Waals surface area contributed by atoms with Gasteiger partial charge in [-0.05, 0) is 65.7 Å². The van der Waals surface area contributed by atoms with Gasteiger partial charge in [-0.15, -0.1) is 0 Å². The van der Waals surface area contributed by atoms with Crippen LogP contribution >= 0.6 is 50.7 Å². The first-order valence-electron chi connectivity index (χ1n) is 8.54. The zero-order valence-corrected chi connectivity index (χ0v) is 19.2. The fourth-order valence-electron chi connectivity index (χ4n) is 2.12. The molecule has 156 valence electrons. The number of nitrogens with one attached hydrogen (secondary N) is 2. The number of rotatable bonds is 8. The molecular weight excluding hydrogens is 506 g/mol. The second-order valence-electron chi connectivity index (χ2n) is 5.90. The lowest BCUT2D eigenvalue weighted by Gasteiger charge is -2.16. The largest absolute Gasteiger partial charge is 0.492 e. The summed E-state index contributed by atoms with van der Waals surface area (Å²) in [5.74, 6) is 0.0962. The van der Waals surface area contributed by atoms with E-state index in [0.29, 0.717) is 37.5 Å². The maximum absolute atomic E-state index is 12.1. The number of benzene rings is 2. The Hall–Kier alpha value is -1.67. The van der Waals surface area contributed by atoms with E-state index in [1.165, 1.54) is 0 Å². The van der Waals surface area contributed by atoms with Crippen LogP contribution in [0.1, 0.15) is 19.8 Å². The molecule has 0 radical (unpaired) electrons. The zero-order valence-electron chi connectivity index (χ0n) is 15.3. The van der Waals surface area contributed by atoms with Crippen molar-refractivity contribution in [1.29, 1.82) is 0 Å². The Balaban J connectivity index is 1.67. The van der Waals surface area contributed by atoms with Crippen molar-refractivity contribution >= 4 is 62.5 Å². The van der Waals surface area contributed by atoms with E-state index in [2.05, 4.69) is 26.8 Å². The molecule has 0 saturated heterocycles. The third kappa shape index (κ3) is 7.93. The number of carbonyl (C=O) groups excluding carboxylic acids is 2. The summed E-state index contributed by atoms with van der Waals surface area (Å²) in [6.45, 7) is 1.85. The average molecular weight is 525 g/mol. The van der Waals surface area contributed by atoms with E-state index in [9.17, 15) is 9.59 Å². The van der Waals surface area contributed by atoms with Crippen LogP contribution in [0.4, 0.5) is 0 Å². The van der Waals surface area contributed by atoms with Gasteiger partial charge in [-0.3, -0.25) is 20.4 Å². The molecule has 0 aliphatic carbocycles. The molecule has 0 fully saturated rings. The summed E-state index contributed by atoms with van der Waals surface area (Å²) >= 11 is 21.0. The van der Waals surface area contributed by atoms with Crippen LogP contribution in [0.25, 0.3) is 0 Å². The quantitative estimate of drug-likeness (QED) is 0.368. The van der Waals surface area contributed by atoms with Gasteiger partial charge in [0.05, 0.1) is 16.1 Å². The Morgan fingerprint density at radius 2 is 1.69 bits per heavy atom. The van der Waals surface area contributed by atoms with Crippen molar-refractivity contribution in [2.75, 3.05) is 6.61 Å². The topological polar surface area (TPSA) is 76.7 Å². The Morgan fingerprint density at radius 1 is 1.03 bits per heavy atom. The first-order chi connectivity index (χ1) is 13.8. The maximum Gasteiger partial charge on any atom is 0.279 e. The van der Waals surface area contributed by atoms with E-state index in [-0.39, 0.29) is 18.9 Å². The van der Waals surface area contributed by atoms with Crippen LogP contribution in [0.15, 0.2) is 40.9 Å². The van der Waals surface area contributed by atoms with Crippen molar-refractivity contribution in [3.05, 3.63) is 55.9 Å². The summed E-state index contributed by atoms with van der Waals surface area (Å²) < 4.78 is 11.7. The Bertz CT molecular complexity index is 883. The standard InChI is InChI=1S/C19H18BrCl3N2O4/c1-11(29-16-6-4-12(21)9-14(16)20)19(27)25-24-18(26)3-2-8-28-17-7-5-13(22)10-15(17)23/h4-7,9-11H,2-3,8H2,1H3,(H,24,26)(H,25,27). The molecular formula is C19H18BrCl3N2O4. The third-order valence-electron chi connectivity index (χ3n) is 3.59. The molecule has 2 amide bonds. The number of hydrazine groups is 1. The van der Waals surface area contributed by atoms with Crippen molar-refractivity contribution in [2.24, 2.45) is 0 Å². The minimum absolute atomic E-state index is 0.156. The lowest BCUT2D eigenvalue weighted by Crippen LogP contribution is -2.47. The first-order valence-corrected chi connectivity index (χ1v) is 10.5. The van der Waals surface area contributed by atoms with Gasteiger partial charge in [0.1, 0.15) is 11.5 Å². The maximum atomic E-state index is 12.1. The van der Waals surface area contributed by atoms with E-state index in [4.69, 9.17) is 44.3 Å². The van der Waals surface area contributed by atoms with Crippen molar-refractivity contribution in [3.8, 4) is 11.5 Å². The van der Waals surface area contributed by atoms with Crippen molar-refractivity contribution in [3.63, 3.8) is 0 Å². The molecule has 0 saturated carbocycles. The number of hydrogen-bond donors (Lipinski definition) is 2. The highest BCUT2D eigenvalue weighted by molar-refractivity contribution is 9.10. The minimum atomic E-state index is -0.830. The van der Waals surface area contributed by atoms with Gasteiger partial charge < -0.3 is 9.47 Å². The molecule has 10 heteroatoms. The van der Waals surface area contributed by atoms with Gasteiger partial charge in [0.2, 0.25) is 5.91 Å². The number of ether oxygens (including phenoxy) is 2. The zero-order chi connectivity index (χ0) is 21.4. The highest BCUT2D eigenvalue weighted by Crippen LogP contribution is 2.29. The molecule has 0 aliphatic rings. The van der Waals surface area contributed by atoms with Crippen LogP contribution in [0.5, 0.6) is 11.5 Å². The van der Waals surface area contributed by atoms with Crippen LogP contribution in [0.3, 0.4) is 0 Å². The Kier molecular flexibility index (Phi) is 9.36. The molecule has 2 rings (SSSR count). The minimum Gasteiger partial charge on any atom is -0.492 e. The van der Waals surface area contributed by atoms with Gasteiger partial charge in [0, 0.05) is 16.5 Å². The highest BCUT2D eigenvalue weighted by Gasteiger charge is 2.17. The molecule has 0 spiro atoms. The summed E-state index contributed by atoms with van der Waals surface area (Å²) in [6.07, 6.45) is -0.239. The number of hydrogen-bond acceptors (Lipinski definition) is 4. The van der Waals surface area contributed by atoms with E-state index >= 15 is 0 Å². The summed E-state index contributed by atoms with van der Waals surface area (Å²) in [5, 5.41) is 1.45. The molecule has 0 aromatic heterocycles. The number of halogens is 4. The second-order valence-corrected chi connectivity index (χ2v) is 8.03. The van der Waals surface area contributed by atoms with E-state index < -0.39 is 12.0 Å². The van der Waals surface area contributed by atoms with Crippen LogP contribution in [-0.4, -0.2) is 24.5 Å². The van der Waals surface area contributed by atoms with E-state index in [1.807, 2.05) is 0 Å². The van der Waals surface area contributed by atoms with Gasteiger partial charge >= 0.3 is 0 Å². The van der Waals surface area contributed by atoms with Gasteiger partial charge in [0.15, 0.2) is 6.10 Å². The molecule has 6 nitrogen and oxygen atoms in total. The SMILES string of the molecule is CC(Oc1ccc(Cl)cc1Br)C(=O)NNC(=O)CCCOc1ccc(Cl)cc1Cl. The second kappa shape index (κ2) is 11.5. The normalized spacial score (nSPS) is 11.5. The lowest BCUT2D eigenvalue weighted by atomic mass is 10.3. The molecule has 0 aliphatic heterocycles. The molecule has 1 unspecified atom stereocenters. The van der Waals surface area contributed by atoms with Crippen molar-refractivity contribution in [2.45, 2.75) is 25.9 Å². The van der Waals surface area contributed by atoms with Crippen LogP contribution in [0.2, 0.25) is 15.1 Å². The van der Waals surface area contributed by atoms with Crippen molar-refractivity contribution < 1.29 is 19.1 Å². The molecule has 29 heavy (non-hydrogen) atoms. The number of amides is 2. The summed E-state index contributed by atoms with van der Waals surface area (Å²) in [7, 11) is 0. The Morgan fingerprint density at radius 3 is 2.34 bits per heavy atom. The number of carbonyl (C=O) groups is 2. The van der Waals surface area contributed by atoms with Gasteiger partial charge in [-0.25, -0.2) is 0 Å². The Labute approximate surface area is 191 Å². The first kappa shape index (κ1) is 23.6. The van der Waals surface area contributed by atoms with Crippen molar-refractivity contribution in [1.82, 2.24) is 10.9 Å². The monoisotopic (exact) mass is 522 g/mol. The highest BCUT2D eigenvalue weighted by atomic mass is 79.9. The van der Waals surface area contributed by atoms with Crippen LogP contribution in [-0.2, 0) is 9.59 Å². The fraction of sp³-hybridized carbons (Fsp3) is 0.263. The average Bonchev–Trinajstić information content (AvgIpc) is 2.66.